The fraction of sp³-hybridized carbons (Fsp3) is 0.333. The molecule has 0 bridgehead atoms. The zero-order chi connectivity index (χ0) is 21.2. The number of benzene rings is 2. The molecule has 0 spiro atoms. The summed E-state index contributed by atoms with van der Waals surface area (Å²) < 4.78 is 5.95. The summed E-state index contributed by atoms with van der Waals surface area (Å²) in [6.45, 7) is 4.28. The lowest BCUT2D eigenvalue weighted by molar-refractivity contribution is 0.211. The Hall–Kier alpha value is -3.17. The predicted octanol–water partition coefficient (Wildman–Crippen LogP) is 3.24. The van der Waals surface area contributed by atoms with E-state index in [-0.39, 0.29) is 12.0 Å². The molecule has 0 aliphatic carbocycles. The Morgan fingerprint density at radius 3 is 2.58 bits per heavy atom. The molecule has 1 aromatic heterocycles. The van der Waals surface area contributed by atoms with Gasteiger partial charge in [0, 0.05) is 37.7 Å². The summed E-state index contributed by atoms with van der Waals surface area (Å²) in [5.41, 5.74) is 1.21. The van der Waals surface area contributed by atoms with Crippen LogP contribution in [0.4, 0.5) is 10.7 Å². The van der Waals surface area contributed by atoms with Crippen LogP contribution in [0.5, 0.6) is 11.5 Å². The summed E-state index contributed by atoms with van der Waals surface area (Å²) in [7, 11) is 0. The van der Waals surface area contributed by atoms with Gasteiger partial charge in [0.15, 0.2) is 0 Å². The normalized spacial score (nSPS) is 20.6. The van der Waals surface area contributed by atoms with E-state index in [2.05, 4.69) is 43.0 Å². The number of tetrazole rings is 1. The number of amides is 2. The Morgan fingerprint density at radius 2 is 1.87 bits per heavy atom. The van der Waals surface area contributed by atoms with E-state index in [1.165, 1.54) is 5.56 Å². The molecular formula is C21H22ClN7O2. The van der Waals surface area contributed by atoms with Crippen molar-refractivity contribution < 1.29 is 9.53 Å². The molecule has 2 N–H and O–H groups in total. The van der Waals surface area contributed by atoms with Crippen molar-refractivity contribution in [3.63, 3.8) is 0 Å². The molecule has 2 amide bonds. The van der Waals surface area contributed by atoms with Crippen LogP contribution in [0.2, 0.25) is 5.02 Å². The molecule has 0 unspecified atom stereocenters. The van der Waals surface area contributed by atoms with Crippen molar-refractivity contribution in [2.45, 2.75) is 6.54 Å². The van der Waals surface area contributed by atoms with Crippen LogP contribution in [0.25, 0.3) is 0 Å². The summed E-state index contributed by atoms with van der Waals surface area (Å²) >= 11 is 5.94. The van der Waals surface area contributed by atoms with Gasteiger partial charge in [0.2, 0.25) is 0 Å². The lowest BCUT2D eigenvalue weighted by Gasteiger charge is -2.21. The van der Waals surface area contributed by atoms with Gasteiger partial charge in [-0.15, -0.1) is 5.10 Å². The molecule has 2 fully saturated rings. The first kappa shape index (κ1) is 19.8. The predicted molar refractivity (Wildman–Crippen MR) is 115 cm³/mol. The number of likely N-dealkylation sites (tertiary alicyclic amines) is 2. The monoisotopic (exact) mass is 439 g/mol. The number of urea groups is 1. The number of ether oxygens (including phenoxy) is 1. The van der Waals surface area contributed by atoms with Gasteiger partial charge >= 0.3 is 6.03 Å². The number of hydrogen-bond donors (Lipinski definition) is 2. The molecule has 2 saturated heterocycles. The lowest BCUT2D eigenvalue weighted by atomic mass is 10.0. The number of fused-ring (bicyclic) bond motifs is 1. The summed E-state index contributed by atoms with van der Waals surface area (Å²) in [5, 5.41) is 16.7. The molecule has 10 heteroatoms. The molecule has 2 aromatic carbocycles. The third kappa shape index (κ3) is 4.62. The van der Waals surface area contributed by atoms with Gasteiger partial charge in [-0.25, -0.2) is 4.79 Å². The number of nitrogens with zero attached hydrogens (tertiary/aromatic N) is 5. The smallest absolute Gasteiger partial charge is 0.324 e. The van der Waals surface area contributed by atoms with Crippen LogP contribution < -0.4 is 10.1 Å². The van der Waals surface area contributed by atoms with Crippen LogP contribution in [0.3, 0.4) is 0 Å². The number of hydrogen-bond acceptors (Lipinski definition) is 6. The number of rotatable bonds is 5. The zero-order valence-electron chi connectivity index (χ0n) is 16.7. The van der Waals surface area contributed by atoms with Crippen LogP contribution in [-0.2, 0) is 6.54 Å². The average Bonchev–Trinajstić information content (AvgIpc) is 3.47. The number of aromatic nitrogens is 4. The zero-order valence-corrected chi connectivity index (χ0v) is 17.5. The third-order valence-electron chi connectivity index (χ3n) is 5.77. The summed E-state index contributed by atoms with van der Waals surface area (Å²) in [4.78, 5) is 16.7. The summed E-state index contributed by atoms with van der Waals surface area (Å²) in [5.74, 6) is 2.72. The van der Waals surface area contributed by atoms with Crippen molar-refractivity contribution in [2.24, 2.45) is 11.8 Å². The summed E-state index contributed by atoms with van der Waals surface area (Å²) in [6, 6.07) is 15.3. The SMILES string of the molecule is O=C(Nc1nn[nH]n1)N1C[C@H]2CN(Cc3cccc(Oc4ccc(Cl)cc4)c3)C[C@H]2C1. The number of halogens is 1. The van der Waals surface area contributed by atoms with Gasteiger partial charge in [0.25, 0.3) is 5.95 Å². The van der Waals surface area contributed by atoms with E-state index in [0.717, 1.165) is 44.2 Å². The molecular weight excluding hydrogens is 418 g/mol. The van der Waals surface area contributed by atoms with Crippen LogP contribution in [-0.4, -0.2) is 62.6 Å². The number of carbonyl (C=O) groups excluding carboxylic acids is 1. The van der Waals surface area contributed by atoms with Gasteiger partial charge in [-0.3, -0.25) is 10.2 Å². The van der Waals surface area contributed by atoms with E-state index < -0.39 is 0 Å². The van der Waals surface area contributed by atoms with E-state index in [1.54, 1.807) is 0 Å². The van der Waals surface area contributed by atoms with Gasteiger partial charge in [-0.05, 0) is 59.0 Å². The molecule has 2 atom stereocenters. The van der Waals surface area contributed by atoms with E-state index in [1.807, 2.05) is 41.3 Å². The fourth-order valence-corrected chi connectivity index (χ4v) is 4.50. The van der Waals surface area contributed by atoms with Crippen molar-refractivity contribution in [3.8, 4) is 11.5 Å². The first-order valence-electron chi connectivity index (χ1n) is 10.2. The van der Waals surface area contributed by atoms with Crippen LogP contribution in [0.1, 0.15) is 5.56 Å². The molecule has 2 aliphatic heterocycles. The molecule has 9 nitrogen and oxygen atoms in total. The van der Waals surface area contributed by atoms with E-state index >= 15 is 0 Å². The highest BCUT2D eigenvalue weighted by atomic mass is 35.5. The van der Waals surface area contributed by atoms with Gasteiger partial charge in [-0.2, -0.15) is 5.21 Å². The molecule has 2 aliphatic rings. The molecule has 5 rings (SSSR count). The van der Waals surface area contributed by atoms with Crippen LogP contribution in [0.15, 0.2) is 48.5 Å². The second kappa shape index (κ2) is 8.52. The second-order valence-corrected chi connectivity index (χ2v) is 8.42. The molecule has 160 valence electrons. The van der Waals surface area contributed by atoms with E-state index in [4.69, 9.17) is 16.3 Å². The lowest BCUT2D eigenvalue weighted by Crippen LogP contribution is -2.36. The van der Waals surface area contributed by atoms with Crippen molar-refractivity contribution in [1.82, 2.24) is 30.4 Å². The van der Waals surface area contributed by atoms with Gasteiger partial charge in [0.05, 0.1) is 0 Å². The van der Waals surface area contributed by atoms with Crippen LogP contribution in [0, 0.1) is 11.8 Å². The topological polar surface area (TPSA) is 99.3 Å². The molecule has 3 aromatic rings. The van der Waals surface area contributed by atoms with Gasteiger partial charge in [0.1, 0.15) is 11.5 Å². The molecule has 3 heterocycles. The minimum absolute atomic E-state index is 0.172. The van der Waals surface area contributed by atoms with E-state index in [0.29, 0.717) is 16.9 Å². The highest BCUT2D eigenvalue weighted by Crippen LogP contribution is 2.32. The number of carbonyl (C=O) groups is 1. The molecule has 31 heavy (non-hydrogen) atoms. The highest BCUT2D eigenvalue weighted by Gasteiger charge is 2.41. The largest absolute Gasteiger partial charge is 0.457 e. The molecule has 0 radical (unpaired) electrons. The third-order valence-corrected chi connectivity index (χ3v) is 6.02. The average molecular weight is 440 g/mol. The van der Waals surface area contributed by atoms with Gasteiger partial charge in [-0.1, -0.05) is 28.8 Å². The maximum atomic E-state index is 12.4. The summed E-state index contributed by atoms with van der Waals surface area (Å²) in [6.07, 6.45) is 0. The standard InChI is InChI=1S/C21H22ClN7O2/c22-17-4-6-18(7-5-17)31-19-3-1-2-14(8-19)9-28-10-15-12-29(13-16(15)11-28)21(30)23-20-24-26-27-25-20/h1-8,15-16H,9-13H2,(H2,23,24,25,26,27,30)/t15-,16+. The Bertz CT molecular complexity index is 1030. The van der Waals surface area contributed by atoms with Crippen molar-refractivity contribution >= 4 is 23.6 Å². The first-order valence-corrected chi connectivity index (χ1v) is 10.5. The Morgan fingerprint density at radius 1 is 1.10 bits per heavy atom. The number of nitrogens with one attached hydrogen (secondary N) is 2. The number of anilines is 1. The Kier molecular flexibility index (Phi) is 5.44. The van der Waals surface area contributed by atoms with Crippen LogP contribution >= 0.6 is 11.6 Å². The van der Waals surface area contributed by atoms with Crippen molar-refractivity contribution in [3.05, 3.63) is 59.1 Å². The second-order valence-electron chi connectivity index (χ2n) is 7.99. The fourth-order valence-electron chi connectivity index (χ4n) is 4.38. The van der Waals surface area contributed by atoms with Gasteiger partial charge < -0.3 is 9.64 Å². The first-order chi connectivity index (χ1) is 15.1. The Labute approximate surface area is 184 Å². The Balaban J connectivity index is 1.14. The minimum Gasteiger partial charge on any atom is -0.457 e. The van der Waals surface area contributed by atoms with E-state index in [9.17, 15) is 4.79 Å². The highest BCUT2D eigenvalue weighted by molar-refractivity contribution is 6.30. The number of H-pyrrole nitrogens is 1. The van der Waals surface area contributed by atoms with Crippen molar-refractivity contribution in [1.29, 1.82) is 0 Å². The minimum atomic E-state index is -0.172. The molecule has 0 saturated carbocycles. The van der Waals surface area contributed by atoms with Crippen molar-refractivity contribution in [2.75, 3.05) is 31.5 Å². The number of aromatic amines is 1. The maximum Gasteiger partial charge on any atom is 0.324 e. The quantitative estimate of drug-likeness (QED) is 0.633. The maximum absolute atomic E-state index is 12.4.